The predicted molar refractivity (Wildman–Crippen MR) is 143 cm³/mol. The fourth-order valence-corrected chi connectivity index (χ4v) is 7.20. The third-order valence-electron chi connectivity index (χ3n) is 9.29. The van der Waals surface area contributed by atoms with Crippen molar-refractivity contribution in [3.63, 3.8) is 0 Å². The van der Waals surface area contributed by atoms with Gasteiger partial charge in [0.05, 0.1) is 16.9 Å². The van der Waals surface area contributed by atoms with Crippen LogP contribution in [0.5, 0.6) is 0 Å². The van der Waals surface area contributed by atoms with Crippen LogP contribution < -0.4 is 21.8 Å². The Hall–Kier alpha value is -2.76. The van der Waals surface area contributed by atoms with E-state index < -0.39 is 7.12 Å². The summed E-state index contributed by atoms with van der Waals surface area (Å²) in [5.74, 6) is 3.64. The Balaban J connectivity index is 1.21. The predicted octanol–water partition coefficient (Wildman–Crippen LogP) is 4.96. The molecule has 1 saturated heterocycles. The molecule has 0 unspecified atom stereocenters. The fourth-order valence-electron chi connectivity index (χ4n) is 7.20. The molecule has 5 fully saturated rings. The molecule has 8 heteroatoms. The first-order chi connectivity index (χ1) is 17.0. The standard InChI is InChI=1S/C28H36BN5O2/c1-26(2)27(3,4)36-29(35-26)20-5-7-21(8-6-20)32-24-12-23(31)22(16-30)25(33-24)34-28-13-17-9-18(14-28)11-19(10-17)15-28/h5-8,12,17-19H,9-11,13-15H2,1-4H3,(H4,31,32,33,34). The minimum atomic E-state index is -0.399. The second-order valence-electron chi connectivity index (χ2n) is 12.6. The van der Waals surface area contributed by atoms with Crippen molar-refractivity contribution in [3.8, 4) is 6.07 Å². The maximum absolute atomic E-state index is 9.85. The van der Waals surface area contributed by atoms with Crippen LogP contribution in [0, 0.1) is 29.1 Å². The number of hydrogen-bond acceptors (Lipinski definition) is 7. The maximum atomic E-state index is 9.85. The number of anilines is 4. The van der Waals surface area contributed by atoms with E-state index in [1.807, 2.05) is 24.3 Å². The van der Waals surface area contributed by atoms with Crippen molar-refractivity contribution in [2.24, 2.45) is 17.8 Å². The zero-order chi connectivity index (χ0) is 25.3. The van der Waals surface area contributed by atoms with E-state index in [9.17, 15) is 5.26 Å². The quantitative estimate of drug-likeness (QED) is 0.514. The van der Waals surface area contributed by atoms with Gasteiger partial charge in [-0.3, -0.25) is 0 Å². The fraction of sp³-hybridized carbons (Fsp3) is 0.571. The average molecular weight is 485 g/mol. The van der Waals surface area contributed by atoms with Crippen molar-refractivity contribution in [3.05, 3.63) is 35.9 Å². The first-order valence-electron chi connectivity index (χ1n) is 13.3. The molecule has 2 aromatic rings. The highest BCUT2D eigenvalue weighted by molar-refractivity contribution is 6.62. The van der Waals surface area contributed by atoms with E-state index in [0.717, 1.165) is 28.9 Å². The van der Waals surface area contributed by atoms with Crippen LogP contribution >= 0.6 is 0 Å². The van der Waals surface area contributed by atoms with Crippen molar-refractivity contribution in [1.82, 2.24) is 4.98 Å². The number of aromatic nitrogens is 1. The maximum Gasteiger partial charge on any atom is 0.494 e. The Labute approximate surface area is 214 Å². The number of nitrogens with one attached hydrogen (secondary N) is 2. The largest absolute Gasteiger partial charge is 0.494 e. The molecule has 4 saturated carbocycles. The molecule has 188 valence electrons. The van der Waals surface area contributed by atoms with Gasteiger partial charge >= 0.3 is 7.12 Å². The molecule has 4 aliphatic carbocycles. The van der Waals surface area contributed by atoms with Crippen LogP contribution in [0.3, 0.4) is 0 Å². The molecule has 0 radical (unpaired) electrons. The summed E-state index contributed by atoms with van der Waals surface area (Å²) in [5.41, 5.74) is 8.36. The molecule has 36 heavy (non-hydrogen) atoms. The summed E-state index contributed by atoms with van der Waals surface area (Å²) in [6.07, 6.45) is 7.61. The molecule has 7 rings (SSSR count). The topological polar surface area (TPSA) is 105 Å². The molecule has 1 aromatic carbocycles. The highest BCUT2D eigenvalue weighted by Crippen LogP contribution is 2.56. The molecule has 7 nitrogen and oxygen atoms in total. The lowest BCUT2D eigenvalue weighted by Gasteiger charge is -2.57. The zero-order valence-corrected chi connectivity index (χ0v) is 21.7. The summed E-state index contributed by atoms with van der Waals surface area (Å²) < 4.78 is 12.3. The van der Waals surface area contributed by atoms with Crippen LogP contribution in [0.2, 0.25) is 0 Å². The third-order valence-corrected chi connectivity index (χ3v) is 9.29. The van der Waals surface area contributed by atoms with Gasteiger partial charge < -0.3 is 25.7 Å². The zero-order valence-electron chi connectivity index (χ0n) is 21.7. The Morgan fingerprint density at radius 1 is 0.972 bits per heavy atom. The van der Waals surface area contributed by atoms with Crippen molar-refractivity contribution >= 4 is 35.6 Å². The molecule has 2 heterocycles. The Morgan fingerprint density at radius 2 is 1.53 bits per heavy atom. The first-order valence-corrected chi connectivity index (χ1v) is 13.3. The molecule has 0 spiro atoms. The number of pyridine rings is 1. The Morgan fingerprint density at radius 3 is 2.06 bits per heavy atom. The summed E-state index contributed by atoms with van der Waals surface area (Å²) >= 11 is 0. The lowest BCUT2D eigenvalue weighted by atomic mass is 9.53. The molecular formula is C28H36BN5O2. The minimum absolute atomic E-state index is 0.0445. The summed E-state index contributed by atoms with van der Waals surface area (Å²) in [5, 5.41) is 17.0. The van der Waals surface area contributed by atoms with Gasteiger partial charge in [0.2, 0.25) is 0 Å². The summed E-state index contributed by atoms with van der Waals surface area (Å²) in [6.45, 7) is 8.22. The normalized spacial score (nSPS) is 31.3. The second-order valence-corrected chi connectivity index (χ2v) is 12.6. The van der Waals surface area contributed by atoms with Gasteiger partial charge in [-0.15, -0.1) is 0 Å². The van der Waals surface area contributed by atoms with Crippen molar-refractivity contribution in [1.29, 1.82) is 5.26 Å². The van der Waals surface area contributed by atoms with Gasteiger partial charge in [0, 0.05) is 17.3 Å². The number of nitrogen functional groups attached to an aromatic ring is 1. The van der Waals surface area contributed by atoms with Crippen LogP contribution in [0.15, 0.2) is 30.3 Å². The summed E-state index contributed by atoms with van der Waals surface area (Å²) in [4.78, 5) is 4.84. The number of hydrogen-bond donors (Lipinski definition) is 3. The van der Waals surface area contributed by atoms with Crippen LogP contribution in [-0.2, 0) is 9.31 Å². The number of rotatable bonds is 5. The molecule has 1 aromatic heterocycles. The first kappa shape index (κ1) is 23.6. The average Bonchev–Trinajstić information content (AvgIpc) is 3.00. The van der Waals surface area contributed by atoms with Gasteiger partial charge in [0.25, 0.3) is 0 Å². The van der Waals surface area contributed by atoms with E-state index in [4.69, 9.17) is 20.0 Å². The van der Waals surface area contributed by atoms with Crippen LogP contribution in [0.1, 0.15) is 71.8 Å². The monoisotopic (exact) mass is 485 g/mol. The molecule has 0 amide bonds. The number of nitrogens with zero attached hydrogens (tertiary/aromatic N) is 2. The Bertz CT molecular complexity index is 1170. The second kappa shape index (κ2) is 8.12. The summed E-state index contributed by atoms with van der Waals surface area (Å²) in [6, 6.07) is 12.0. The smallest absolute Gasteiger partial charge is 0.399 e. The highest BCUT2D eigenvalue weighted by atomic mass is 16.7. The van der Waals surface area contributed by atoms with E-state index in [1.54, 1.807) is 6.07 Å². The van der Waals surface area contributed by atoms with E-state index in [2.05, 4.69) is 44.4 Å². The lowest BCUT2D eigenvalue weighted by Crippen LogP contribution is -2.55. The lowest BCUT2D eigenvalue weighted by molar-refractivity contribution is 0.00578. The molecule has 4 N–H and O–H groups in total. The van der Waals surface area contributed by atoms with Gasteiger partial charge in [-0.05, 0) is 102 Å². The van der Waals surface area contributed by atoms with E-state index >= 15 is 0 Å². The highest BCUT2D eigenvalue weighted by Gasteiger charge is 2.52. The van der Waals surface area contributed by atoms with E-state index in [-0.39, 0.29) is 16.7 Å². The number of nitrogens with two attached hydrogens (primary N) is 1. The molecular weight excluding hydrogens is 449 g/mol. The number of nitriles is 1. The van der Waals surface area contributed by atoms with Gasteiger partial charge in [0.15, 0.2) is 0 Å². The van der Waals surface area contributed by atoms with Gasteiger partial charge in [-0.25, -0.2) is 4.98 Å². The van der Waals surface area contributed by atoms with Crippen LogP contribution in [0.25, 0.3) is 0 Å². The minimum Gasteiger partial charge on any atom is -0.399 e. The van der Waals surface area contributed by atoms with Gasteiger partial charge in [0.1, 0.15) is 23.3 Å². The molecule has 1 aliphatic heterocycles. The molecule has 0 atom stereocenters. The third kappa shape index (κ3) is 4.03. The molecule has 4 bridgehead atoms. The van der Waals surface area contributed by atoms with Crippen LogP contribution in [-0.4, -0.2) is 28.8 Å². The SMILES string of the molecule is CC1(C)OB(c2ccc(Nc3cc(N)c(C#N)c(NC45CC6CC(CC(C6)C4)C5)n3)cc2)OC1(C)C. The van der Waals surface area contributed by atoms with Crippen molar-refractivity contribution in [2.45, 2.75) is 83.0 Å². The van der Waals surface area contributed by atoms with Gasteiger partial charge in [-0.2, -0.15) is 5.26 Å². The van der Waals surface area contributed by atoms with Crippen molar-refractivity contribution in [2.75, 3.05) is 16.4 Å². The molecule has 5 aliphatic rings. The van der Waals surface area contributed by atoms with Gasteiger partial charge in [-0.1, -0.05) is 12.1 Å². The summed E-state index contributed by atoms with van der Waals surface area (Å²) in [7, 11) is -0.399. The van der Waals surface area contributed by atoms with E-state index in [0.29, 0.717) is 22.9 Å². The van der Waals surface area contributed by atoms with Crippen molar-refractivity contribution < 1.29 is 9.31 Å². The number of benzene rings is 1. The van der Waals surface area contributed by atoms with Crippen LogP contribution in [0.4, 0.5) is 23.0 Å². The van der Waals surface area contributed by atoms with E-state index in [1.165, 1.54) is 38.5 Å². The Kier molecular flexibility index (Phi) is 5.33.